The van der Waals surface area contributed by atoms with Gasteiger partial charge >= 0.3 is 5.97 Å². The van der Waals surface area contributed by atoms with Crippen LogP contribution in [0.3, 0.4) is 0 Å². The Hall–Kier alpha value is -0.570. The third kappa shape index (κ3) is 4.66. The van der Waals surface area contributed by atoms with E-state index in [4.69, 9.17) is 5.11 Å². The average Bonchev–Trinajstić information content (AvgIpc) is 2.26. The van der Waals surface area contributed by atoms with Gasteiger partial charge in [-0.15, -0.1) is 0 Å². The van der Waals surface area contributed by atoms with Crippen molar-refractivity contribution < 1.29 is 9.90 Å². The molecular weight excluding hydrogens is 214 g/mol. The van der Waals surface area contributed by atoms with Crippen molar-refractivity contribution in [3.63, 3.8) is 0 Å². The summed E-state index contributed by atoms with van der Waals surface area (Å²) in [6.07, 6.45) is 5.29. The Morgan fingerprint density at radius 2 is 2.12 bits per heavy atom. The number of piperidine rings is 1. The lowest BCUT2D eigenvalue weighted by Crippen LogP contribution is -2.43. The van der Waals surface area contributed by atoms with Gasteiger partial charge < -0.3 is 10.0 Å². The molecule has 0 saturated carbocycles. The zero-order valence-corrected chi connectivity index (χ0v) is 11.5. The van der Waals surface area contributed by atoms with Crippen molar-refractivity contribution in [2.45, 2.75) is 58.9 Å². The van der Waals surface area contributed by atoms with Crippen LogP contribution in [0.5, 0.6) is 0 Å². The van der Waals surface area contributed by atoms with Crippen molar-refractivity contribution >= 4 is 5.97 Å². The average molecular weight is 241 g/mol. The summed E-state index contributed by atoms with van der Waals surface area (Å²) in [6, 6.07) is 0.493. The van der Waals surface area contributed by atoms with E-state index in [2.05, 4.69) is 18.7 Å². The van der Waals surface area contributed by atoms with Crippen molar-refractivity contribution in [2.24, 2.45) is 11.8 Å². The lowest BCUT2D eigenvalue weighted by Gasteiger charge is -2.38. The van der Waals surface area contributed by atoms with Gasteiger partial charge in [-0.3, -0.25) is 4.79 Å². The first-order valence-electron chi connectivity index (χ1n) is 7.01. The Bertz CT molecular complexity index is 240. The molecular formula is C14H27NO2. The predicted molar refractivity (Wildman–Crippen MR) is 70.1 cm³/mol. The second-order valence-corrected chi connectivity index (χ2v) is 5.72. The number of rotatable bonds is 6. The van der Waals surface area contributed by atoms with E-state index < -0.39 is 5.97 Å². The molecule has 1 aliphatic rings. The van der Waals surface area contributed by atoms with Crippen LogP contribution < -0.4 is 0 Å². The lowest BCUT2D eigenvalue weighted by atomic mass is 9.90. The molecule has 1 rings (SSSR count). The summed E-state index contributed by atoms with van der Waals surface area (Å²) in [7, 11) is 0. The molecule has 1 saturated heterocycles. The molecule has 100 valence electrons. The number of carboxylic acids is 1. The van der Waals surface area contributed by atoms with E-state index in [0.29, 0.717) is 12.0 Å². The molecule has 1 fully saturated rings. The zero-order valence-electron chi connectivity index (χ0n) is 11.5. The van der Waals surface area contributed by atoms with E-state index in [-0.39, 0.29) is 5.92 Å². The number of carbonyl (C=O) groups is 1. The Morgan fingerprint density at radius 3 is 2.65 bits per heavy atom. The molecule has 3 nitrogen and oxygen atoms in total. The number of hydrogen-bond donors (Lipinski definition) is 1. The minimum Gasteiger partial charge on any atom is -0.481 e. The normalized spacial score (nSPS) is 23.9. The molecule has 0 amide bonds. The Kier molecular flexibility index (Phi) is 5.96. The quantitative estimate of drug-likeness (QED) is 0.777. The predicted octanol–water partition coefficient (Wildman–Crippen LogP) is 3.00. The van der Waals surface area contributed by atoms with Crippen molar-refractivity contribution in [3.05, 3.63) is 0 Å². The summed E-state index contributed by atoms with van der Waals surface area (Å²) in [5.74, 6) is -0.115. The Morgan fingerprint density at radius 1 is 1.41 bits per heavy atom. The van der Waals surface area contributed by atoms with Crippen molar-refractivity contribution in [2.75, 3.05) is 13.1 Å². The van der Waals surface area contributed by atoms with Gasteiger partial charge in [0.15, 0.2) is 0 Å². The SMILES string of the molecule is CCC(CC1CCCCN1CC(C)C)C(=O)O. The molecule has 2 atom stereocenters. The summed E-state index contributed by atoms with van der Waals surface area (Å²) in [5.41, 5.74) is 0. The molecule has 17 heavy (non-hydrogen) atoms. The monoisotopic (exact) mass is 241 g/mol. The summed E-state index contributed by atoms with van der Waals surface area (Å²) in [6.45, 7) is 8.72. The van der Waals surface area contributed by atoms with Gasteiger partial charge in [0.1, 0.15) is 0 Å². The van der Waals surface area contributed by atoms with Gasteiger partial charge in [-0.1, -0.05) is 27.2 Å². The van der Waals surface area contributed by atoms with Crippen LogP contribution in [-0.4, -0.2) is 35.1 Å². The summed E-state index contributed by atoms with van der Waals surface area (Å²) in [4.78, 5) is 13.6. The van der Waals surface area contributed by atoms with Gasteiger partial charge in [0.05, 0.1) is 5.92 Å². The zero-order chi connectivity index (χ0) is 12.8. The summed E-state index contributed by atoms with van der Waals surface area (Å²) < 4.78 is 0. The fourth-order valence-corrected chi connectivity index (χ4v) is 2.81. The molecule has 0 bridgehead atoms. The number of hydrogen-bond acceptors (Lipinski definition) is 2. The minimum atomic E-state index is -0.623. The van der Waals surface area contributed by atoms with E-state index in [0.717, 1.165) is 25.9 Å². The molecule has 1 N–H and O–H groups in total. The number of aliphatic carboxylic acids is 1. The van der Waals surface area contributed by atoms with Gasteiger partial charge in [0.25, 0.3) is 0 Å². The van der Waals surface area contributed by atoms with E-state index in [9.17, 15) is 4.79 Å². The highest BCUT2D eigenvalue weighted by Gasteiger charge is 2.27. The first kappa shape index (κ1) is 14.5. The maximum absolute atomic E-state index is 11.1. The van der Waals surface area contributed by atoms with Crippen LogP contribution in [0.25, 0.3) is 0 Å². The molecule has 1 heterocycles. The fourth-order valence-electron chi connectivity index (χ4n) is 2.81. The Labute approximate surface area is 105 Å². The molecule has 0 aromatic rings. The van der Waals surface area contributed by atoms with Gasteiger partial charge in [-0.05, 0) is 38.1 Å². The molecule has 3 heteroatoms. The maximum Gasteiger partial charge on any atom is 0.306 e. The van der Waals surface area contributed by atoms with Gasteiger partial charge in [0, 0.05) is 12.6 Å². The molecule has 1 aliphatic heterocycles. The van der Waals surface area contributed by atoms with E-state index in [1.807, 2.05) is 6.92 Å². The number of likely N-dealkylation sites (tertiary alicyclic amines) is 1. The van der Waals surface area contributed by atoms with Crippen molar-refractivity contribution in [3.8, 4) is 0 Å². The van der Waals surface area contributed by atoms with Crippen molar-refractivity contribution in [1.29, 1.82) is 0 Å². The van der Waals surface area contributed by atoms with Crippen LogP contribution in [0.4, 0.5) is 0 Å². The van der Waals surface area contributed by atoms with E-state index in [1.165, 1.54) is 19.3 Å². The van der Waals surface area contributed by atoms with Gasteiger partial charge in [-0.2, -0.15) is 0 Å². The first-order chi connectivity index (χ1) is 8.04. The third-order valence-corrected chi connectivity index (χ3v) is 3.75. The highest BCUT2D eigenvalue weighted by Crippen LogP contribution is 2.25. The third-order valence-electron chi connectivity index (χ3n) is 3.75. The molecule has 0 aliphatic carbocycles. The molecule has 0 spiro atoms. The summed E-state index contributed by atoms with van der Waals surface area (Å²) >= 11 is 0. The smallest absolute Gasteiger partial charge is 0.306 e. The van der Waals surface area contributed by atoms with Crippen LogP contribution in [0, 0.1) is 11.8 Å². The van der Waals surface area contributed by atoms with Crippen molar-refractivity contribution in [1.82, 2.24) is 4.90 Å². The summed E-state index contributed by atoms with van der Waals surface area (Å²) in [5, 5.41) is 9.15. The molecule has 2 unspecified atom stereocenters. The van der Waals surface area contributed by atoms with Crippen LogP contribution in [0.15, 0.2) is 0 Å². The van der Waals surface area contributed by atoms with E-state index in [1.54, 1.807) is 0 Å². The number of nitrogens with zero attached hydrogens (tertiary/aromatic N) is 1. The van der Waals surface area contributed by atoms with E-state index >= 15 is 0 Å². The molecule has 0 aromatic carbocycles. The largest absolute Gasteiger partial charge is 0.481 e. The molecule has 0 aromatic heterocycles. The van der Waals surface area contributed by atoms with Gasteiger partial charge in [0.2, 0.25) is 0 Å². The van der Waals surface area contributed by atoms with Gasteiger partial charge in [-0.25, -0.2) is 0 Å². The fraction of sp³-hybridized carbons (Fsp3) is 0.929. The molecule has 0 radical (unpaired) electrons. The standard InChI is InChI=1S/C14H27NO2/c1-4-12(14(16)17)9-13-7-5-6-8-15(13)10-11(2)3/h11-13H,4-10H2,1-3H3,(H,16,17). The topological polar surface area (TPSA) is 40.5 Å². The van der Waals surface area contributed by atoms with Crippen LogP contribution in [-0.2, 0) is 4.79 Å². The maximum atomic E-state index is 11.1. The highest BCUT2D eigenvalue weighted by atomic mass is 16.4. The minimum absolute atomic E-state index is 0.159. The highest BCUT2D eigenvalue weighted by molar-refractivity contribution is 5.69. The first-order valence-corrected chi connectivity index (χ1v) is 7.01. The second-order valence-electron chi connectivity index (χ2n) is 5.72. The number of carboxylic acid groups (broad SMARTS) is 1. The van der Waals surface area contributed by atoms with Crippen LogP contribution in [0.1, 0.15) is 52.9 Å². The van der Waals surface area contributed by atoms with Crippen LogP contribution in [0.2, 0.25) is 0 Å². The van der Waals surface area contributed by atoms with Crippen LogP contribution >= 0.6 is 0 Å². The Balaban J connectivity index is 2.55. The lowest BCUT2D eigenvalue weighted by molar-refractivity contribution is -0.142. The second kappa shape index (κ2) is 7.00.